The molecule has 28 heavy (non-hydrogen) atoms. The molecule has 2 heterocycles. The van der Waals surface area contributed by atoms with Crippen molar-refractivity contribution in [3.8, 4) is 29.0 Å². The first-order valence-electron chi connectivity index (χ1n) is 7.71. The van der Waals surface area contributed by atoms with Crippen LogP contribution in [0.2, 0.25) is 0 Å². The number of anilines is 1. The fourth-order valence-corrected chi connectivity index (χ4v) is 2.53. The number of H-pyrrole nitrogens is 1. The molecule has 0 atom stereocenters. The van der Waals surface area contributed by atoms with Gasteiger partial charge in [-0.05, 0) is 22.6 Å². The van der Waals surface area contributed by atoms with Crippen molar-refractivity contribution >= 4 is 11.6 Å². The van der Waals surface area contributed by atoms with Gasteiger partial charge >= 0.3 is 5.82 Å². The van der Waals surface area contributed by atoms with Gasteiger partial charge in [0, 0.05) is 5.56 Å². The number of nitrogen functional groups attached to an aromatic ring is 1. The van der Waals surface area contributed by atoms with E-state index in [-0.39, 0.29) is 35.1 Å². The first-order valence-corrected chi connectivity index (χ1v) is 7.71. The van der Waals surface area contributed by atoms with Gasteiger partial charge in [-0.25, -0.2) is 0 Å². The summed E-state index contributed by atoms with van der Waals surface area (Å²) in [6, 6.07) is 11.2. The molecule has 11 heteroatoms. The van der Waals surface area contributed by atoms with Crippen molar-refractivity contribution in [2.24, 2.45) is 0 Å². The van der Waals surface area contributed by atoms with Gasteiger partial charge in [0.2, 0.25) is 6.73 Å². The highest BCUT2D eigenvalue weighted by Gasteiger charge is 2.18. The van der Waals surface area contributed by atoms with E-state index in [0.29, 0.717) is 11.3 Å². The first-order chi connectivity index (χ1) is 13.4. The fourth-order valence-electron chi connectivity index (χ4n) is 2.53. The summed E-state index contributed by atoms with van der Waals surface area (Å²) in [5.41, 5.74) is 5.21. The van der Waals surface area contributed by atoms with Crippen LogP contribution in [0.25, 0.3) is 11.1 Å². The summed E-state index contributed by atoms with van der Waals surface area (Å²) in [5.74, 6) is -0.118. The van der Waals surface area contributed by atoms with E-state index >= 15 is 0 Å². The van der Waals surface area contributed by atoms with Crippen molar-refractivity contribution in [1.82, 2.24) is 14.8 Å². The monoisotopic (exact) mass is 377 g/mol. The molecule has 3 rings (SSSR count). The summed E-state index contributed by atoms with van der Waals surface area (Å²) in [6.07, 6.45) is 1.39. The van der Waals surface area contributed by atoms with Crippen LogP contribution in [0.1, 0.15) is 11.1 Å². The van der Waals surface area contributed by atoms with Crippen LogP contribution >= 0.6 is 0 Å². The lowest BCUT2D eigenvalue weighted by molar-refractivity contribution is -0.389. The number of nitrogens with one attached hydrogen (secondary N) is 1. The average molecular weight is 377 g/mol. The highest BCUT2D eigenvalue weighted by Crippen LogP contribution is 2.30. The lowest BCUT2D eigenvalue weighted by atomic mass is 9.96. The average Bonchev–Trinajstić information content (AvgIpc) is 3.15. The number of aromatic nitrogens is 3. The number of pyridine rings is 1. The number of nitriles is 2. The van der Waals surface area contributed by atoms with E-state index in [1.165, 1.54) is 23.0 Å². The standard InChI is InChI=1S/C17H11N7O4/c18-7-12-15(13(8-19)17(25)21-16(12)20)10-2-1-3-11(6-10)28-9-23-5-4-14(22-23)24(26)27/h1-6H,9H2,(H3,20,21,25). The fraction of sp³-hybridized carbons (Fsp3) is 0.0588. The Morgan fingerprint density at radius 3 is 2.68 bits per heavy atom. The predicted octanol–water partition coefficient (Wildman–Crippen LogP) is 1.51. The van der Waals surface area contributed by atoms with Crippen molar-refractivity contribution < 1.29 is 9.66 Å². The van der Waals surface area contributed by atoms with E-state index < -0.39 is 10.5 Å². The Morgan fingerprint density at radius 1 is 1.29 bits per heavy atom. The zero-order valence-corrected chi connectivity index (χ0v) is 14.1. The molecule has 138 valence electrons. The lowest BCUT2D eigenvalue weighted by Gasteiger charge is -2.10. The smallest absolute Gasteiger partial charge is 0.390 e. The van der Waals surface area contributed by atoms with Crippen LogP contribution in [0.15, 0.2) is 41.3 Å². The number of rotatable bonds is 5. The highest BCUT2D eigenvalue weighted by molar-refractivity contribution is 5.80. The third kappa shape index (κ3) is 3.36. The molecule has 0 amide bonds. The zero-order chi connectivity index (χ0) is 20.3. The molecule has 0 radical (unpaired) electrons. The second-order valence-electron chi connectivity index (χ2n) is 5.49. The van der Waals surface area contributed by atoms with Crippen LogP contribution in [0.4, 0.5) is 11.6 Å². The Hall–Kier alpha value is -4.64. The molecule has 0 unspecified atom stereocenters. The van der Waals surface area contributed by atoms with E-state index in [1.54, 1.807) is 24.3 Å². The van der Waals surface area contributed by atoms with Crippen LogP contribution in [0, 0.1) is 32.8 Å². The second-order valence-corrected chi connectivity index (χ2v) is 5.49. The van der Waals surface area contributed by atoms with Gasteiger partial charge in [0.05, 0.1) is 17.4 Å². The Kier molecular flexibility index (Phi) is 4.74. The summed E-state index contributed by atoms with van der Waals surface area (Å²) < 4.78 is 6.78. The van der Waals surface area contributed by atoms with Crippen LogP contribution in [-0.2, 0) is 6.73 Å². The van der Waals surface area contributed by atoms with Gasteiger partial charge in [0.25, 0.3) is 5.56 Å². The first kappa shape index (κ1) is 18.2. The summed E-state index contributed by atoms with van der Waals surface area (Å²) in [4.78, 5) is 24.3. The zero-order valence-electron chi connectivity index (χ0n) is 14.1. The predicted molar refractivity (Wildman–Crippen MR) is 95.9 cm³/mol. The molecular formula is C17H11N7O4. The number of nitrogens with two attached hydrogens (primary N) is 1. The second kappa shape index (κ2) is 7.31. The van der Waals surface area contributed by atoms with Gasteiger partial charge < -0.3 is 25.6 Å². The maximum atomic E-state index is 12.0. The molecule has 2 aromatic heterocycles. The van der Waals surface area contributed by atoms with Crippen LogP contribution < -0.4 is 16.0 Å². The minimum Gasteiger partial charge on any atom is -0.469 e. The Morgan fingerprint density at radius 2 is 2.04 bits per heavy atom. The van der Waals surface area contributed by atoms with Crippen molar-refractivity contribution in [2.45, 2.75) is 6.73 Å². The molecule has 0 spiro atoms. The third-order valence-electron chi connectivity index (χ3n) is 3.77. The van der Waals surface area contributed by atoms with Crippen molar-refractivity contribution in [1.29, 1.82) is 10.5 Å². The van der Waals surface area contributed by atoms with E-state index in [0.717, 1.165) is 0 Å². The lowest BCUT2D eigenvalue weighted by Crippen LogP contribution is -2.16. The summed E-state index contributed by atoms with van der Waals surface area (Å²) >= 11 is 0. The van der Waals surface area contributed by atoms with Crippen LogP contribution in [-0.4, -0.2) is 19.7 Å². The van der Waals surface area contributed by atoms with E-state index in [1.807, 2.05) is 6.07 Å². The number of nitrogens with zero attached hydrogens (tertiary/aromatic N) is 5. The Bertz CT molecular complexity index is 1210. The number of ether oxygens (including phenoxy) is 1. The van der Waals surface area contributed by atoms with Gasteiger partial charge in [-0.15, -0.1) is 4.68 Å². The van der Waals surface area contributed by atoms with Crippen molar-refractivity contribution in [3.63, 3.8) is 0 Å². The third-order valence-corrected chi connectivity index (χ3v) is 3.77. The molecule has 0 saturated heterocycles. The largest absolute Gasteiger partial charge is 0.469 e. The topological polar surface area (TPSA) is 177 Å². The molecular weight excluding hydrogens is 366 g/mol. The van der Waals surface area contributed by atoms with Gasteiger partial charge in [0.15, 0.2) is 0 Å². The van der Waals surface area contributed by atoms with Crippen LogP contribution in [0.3, 0.4) is 0 Å². The Balaban J connectivity index is 1.96. The molecule has 1 aromatic carbocycles. The van der Waals surface area contributed by atoms with Gasteiger partial charge in [-0.2, -0.15) is 10.5 Å². The maximum absolute atomic E-state index is 12.0. The SMILES string of the molecule is N#Cc1c(N)[nH]c(=O)c(C#N)c1-c1cccc(OCn2ccc([N+](=O)[O-])n2)c1. The maximum Gasteiger partial charge on any atom is 0.390 e. The normalized spacial score (nSPS) is 10.1. The minimum absolute atomic E-state index is 0.0315. The summed E-state index contributed by atoms with van der Waals surface area (Å²) in [7, 11) is 0. The van der Waals surface area contributed by atoms with Gasteiger partial charge in [-0.1, -0.05) is 12.1 Å². The van der Waals surface area contributed by atoms with E-state index in [9.17, 15) is 25.4 Å². The van der Waals surface area contributed by atoms with Crippen molar-refractivity contribution in [2.75, 3.05) is 5.73 Å². The van der Waals surface area contributed by atoms with Gasteiger partial charge in [-0.3, -0.25) is 4.79 Å². The Labute approximate surface area is 157 Å². The molecule has 0 aliphatic carbocycles. The summed E-state index contributed by atoms with van der Waals surface area (Å²) in [5, 5.41) is 33.1. The van der Waals surface area contributed by atoms with Gasteiger partial charge in [0.1, 0.15) is 34.8 Å². The minimum atomic E-state index is -0.704. The van der Waals surface area contributed by atoms with Crippen molar-refractivity contribution in [3.05, 3.63) is 68.1 Å². The highest BCUT2D eigenvalue weighted by atomic mass is 16.6. The quantitative estimate of drug-likeness (QED) is 0.496. The number of nitro groups is 1. The number of hydrogen-bond donors (Lipinski definition) is 2. The molecule has 0 aliphatic rings. The van der Waals surface area contributed by atoms with Crippen LogP contribution in [0.5, 0.6) is 5.75 Å². The number of benzene rings is 1. The molecule has 3 N–H and O–H groups in total. The number of hydrogen-bond acceptors (Lipinski definition) is 8. The summed E-state index contributed by atoms with van der Waals surface area (Å²) in [6.45, 7) is -0.106. The molecule has 0 saturated carbocycles. The molecule has 0 fully saturated rings. The molecule has 0 bridgehead atoms. The van der Waals surface area contributed by atoms with E-state index in [4.69, 9.17) is 10.5 Å². The number of aromatic amines is 1. The molecule has 11 nitrogen and oxygen atoms in total. The molecule has 0 aliphatic heterocycles. The molecule has 3 aromatic rings. The van der Waals surface area contributed by atoms with E-state index in [2.05, 4.69) is 10.1 Å².